The maximum absolute atomic E-state index is 8.53. The van der Waals surface area contributed by atoms with Crippen LogP contribution in [0.4, 0.5) is 0 Å². The molecule has 0 saturated carbocycles. The van der Waals surface area contributed by atoms with Gasteiger partial charge in [0.2, 0.25) is 0 Å². The van der Waals surface area contributed by atoms with E-state index in [9.17, 15) is 0 Å². The first-order valence-corrected chi connectivity index (χ1v) is 6.09. The zero-order valence-electron chi connectivity index (χ0n) is 10.6. The molecule has 0 saturated heterocycles. The van der Waals surface area contributed by atoms with Crippen LogP contribution < -0.4 is 10.1 Å². The first kappa shape index (κ1) is 14.1. The van der Waals surface area contributed by atoms with Gasteiger partial charge in [0.15, 0.2) is 6.61 Å². The number of nitrogens with zero attached hydrogens (tertiary/aromatic N) is 1. The lowest BCUT2D eigenvalue weighted by Crippen LogP contribution is -2.27. The molecule has 0 spiro atoms. The summed E-state index contributed by atoms with van der Waals surface area (Å²) in [5.41, 5.74) is 1.02. The zero-order chi connectivity index (χ0) is 13.2. The second-order valence-electron chi connectivity index (χ2n) is 3.94. The fourth-order valence-corrected chi connectivity index (χ4v) is 1.67. The van der Waals surface area contributed by atoms with Crippen molar-refractivity contribution in [1.29, 1.82) is 5.26 Å². The van der Waals surface area contributed by atoms with Crippen LogP contribution in [0, 0.1) is 23.7 Å². The van der Waals surface area contributed by atoms with Crippen molar-refractivity contribution in [3.05, 3.63) is 29.8 Å². The van der Waals surface area contributed by atoms with Crippen molar-refractivity contribution < 1.29 is 4.74 Å². The Morgan fingerprint density at radius 1 is 1.44 bits per heavy atom. The number of terminal acetylenes is 1. The molecule has 0 amide bonds. The van der Waals surface area contributed by atoms with Crippen LogP contribution in [0.3, 0.4) is 0 Å². The number of nitriles is 1. The number of benzene rings is 1. The Bertz CT molecular complexity index is 443. The Balaban J connectivity index is 2.61. The molecule has 94 valence electrons. The van der Waals surface area contributed by atoms with Gasteiger partial charge in [0.25, 0.3) is 0 Å². The fourth-order valence-electron chi connectivity index (χ4n) is 1.67. The monoisotopic (exact) mass is 242 g/mol. The largest absolute Gasteiger partial charge is 0.478 e. The molecule has 1 aromatic rings. The van der Waals surface area contributed by atoms with Gasteiger partial charge in [-0.3, -0.25) is 5.32 Å². The van der Waals surface area contributed by atoms with Crippen LogP contribution in [0.2, 0.25) is 0 Å². The maximum atomic E-state index is 8.53. The first-order valence-electron chi connectivity index (χ1n) is 6.09. The van der Waals surface area contributed by atoms with E-state index >= 15 is 0 Å². The van der Waals surface area contributed by atoms with Crippen molar-refractivity contribution >= 4 is 0 Å². The molecule has 0 aliphatic carbocycles. The van der Waals surface area contributed by atoms with Crippen LogP contribution >= 0.6 is 0 Å². The van der Waals surface area contributed by atoms with Crippen molar-refractivity contribution in [3.8, 4) is 24.2 Å². The van der Waals surface area contributed by atoms with Gasteiger partial charge >= 0.3 is 0 Å². The van der Waals surface area contributed by atoms with Crippen LogP contribution in [0.5, 0.6) is 5.75 Å². The number of hydrogen-bond donors (Lipinski definition) is 1. The van der Waals surface area contributed by atoms with Gasteiger partial charge in [-0.25, -0.2) is 0 Å². The number of nitrogens with one attached hydrogen (secondary N) is 1. The molecule has 1 N–H and O–H groups in total. The topological polar surface area (TPSA) is 45.0 Å². The molecule has 0 radical (unpaired) electrons. The van der Waals surface area contributed by atoms with Gasteiger partial charge in [0, 0.05) is 12.1 Å². The van der Waals surface area contributed by atoms with Gasteiger partial charge in [-0.1, -0.05) is 37.5 Å². The Morgan fingerprint density at radius 2 is 2.22 bits per heavy atom. The lowest BCUT2D eigenvalue weighted by Gasteiger charge is -2.14. The quantitative estimate of drug-likeness (QED) is 0.747. The summed E-state index contributed by atoms with van der Waals surface area (Å²) in [6, 6.07) is 9.71. The Hall–Kier alpha value is -1.97. The highest BCUT2D eigenvalue weighted by molar-refractivity contribution is 5.33. The minimum absolute atomic E-state index is 0.0601. The molecular formula is C15H18N2O. The van der Waals surface area contributed by atoms with Crippen LogP contribution in [-0.2, 0) is 6.54 Å². The summed E-state index contributed by atoms with van der Waals surface area (Å²) in [5.74, 6) is 3.47. The van der Waals surface area contributed by atoms with Crippen molar-refractivity contribution in [3.63, 3.8) is 0 Å². The standard InChI is InChI=1S/C15H18N2O/c1-3-7-14(4-2)17-12-13-8-5-6-9-15(13)18-11-10-16/h2,5-6,8-9,14,17H,3,7,11-12H2,1H3. The number of rotatable bonds is 7. The minimum Gasteiger partial charge on any atom is -0.478 e. The highest BCUT2D eigenvalue weighted by Gasteiger charge is 2.06. The normalized spacial score (nSPS) is 11.3. The van der Waals surface area contributed by atoms with Gasteiger partial charge in [0.1, 0.15) is 11.8 Å². The van der Waals surface area contributed by atoms with E-state index in [0.29, 0.717) is 6.54 Å². The highest BCUT2D eigenvalue weighted by Crippen LogP contribution is 2.17. The molecule has 0 bridgehead atoms. The SMILES string of the molecule is C#CC(CCC)NCc1ccccc1OCC#N. The van der Waals surface area contributed by atoms with E-state index in [2.05, 4.69) is 18.2 Å². The van der Waals surface area contributed by atoms with Gasteiger partial charge in [0.05, 0.1) is 6.04 Å². The Kier molecular flexibility index (Phi) is 6.40. The van der Waals surface area contributed by atoms with Crippen LogP contribution in [0.15, 0.2) is 24.3 Å². The van der Waals surface area contributed by atoms with Crippen LogP contribution in [-0.4, -0.2) is 12.6 Å². The molecule has 1 rings (SSSR count). The zero-order valence-corrected chi connectivity index (χ0v) is 10.6. The van der Waals surface area contributed by atoms with E-state index in [0.717, 1.165) is 24.2 Å². The number of para-hydroxylation sites is 1. The summed E-state index contributed by atoms with van der Waals surface area (Å²) in [7, 11) is 0. The second kappa shape index (κ2) is 8.17. The van der Waals surface area contributed by atoms with Crippen molar-refractivity contribution in [2.45, 2.75) is 32.4 Å². The third kappa shape index (κ3) is 4.49. The van der Waals surface area contributed by atoms with Crippen LogP contribution in [0.25, 0.3) is 0 Å². The predicted octanol–water partition coefficient (Wildman–Crippen LogP) is 2.48. The molecule has 0 heterocycles. The molecule has 18 heavy (non-hydrogen) atoms. The van der Waals surface area contributed by atoms with E-state index in [1.807, 2.05) is 30.3 Å². The van der Waals surface area contributed by atoms with E-state index in [-0.39, 0.29) is 12.6 Å². The third-order valence-corrected chi connectivity index (χ3v) is 2.58. The molecule has 3 nitrogen and oxygen atoms in total. The molecule has 0 aromatic heterocycles. The summed E-state index contributed by atoms with van der Waals surface area (Å²) in [6.45, 7) is 2.82. The van der Waals surface area contributed by atoms with Crippen LogP contribution in [0.1, 0.15) is 25.3 Å². The lowest BCUT2D eigenvalue weighted by molar-refractivity contribution is 0.362. The second-order valence-corrected chi connectivity index (χ2v) is 3.94. The number of ether oxygens (including phenoxy) is 1. The van der Waals surface area contributed by atoms with Crippen molar-refractivity contribution in [1.82, 2.24) is 5.32 Å². The first-order chi connectivity index (χ1) is 8.81. The Labute approximate surface area is 109 Å². The van der Waals surface area contributed by atoms with E-state index in [4.69, 9.17) is 16.4 Å². The summed E-state index contributed by atoms with van der Waals surface area (Å²) < 4.78 is 5.36. The summed E-state index contributed by atoms with van der Waals surface area (Å²) in [5, 5.41) is 11.8. The molecule has 0 fully saturated rings. The van der Waals surface area contributed by atoms with Crippen molar-refractivity contribution in [2.75, 3.05) is 6.61 Å². The Morgan fingerprint density at radius 3 is 2.89 bits per heavy atom. The molecule has 1 aromatic carbocycles. The van der Waals surface area contributed by atoms with Gasteiger partial charge in [-0.15, -0.1) is 6.42 Å². The summed E-state index contributed by atoms with van der Waals surface area (Å²) in [4.78, 5) is 0. The third-order valence-electron chi connectivity index (χ3n) is 2.58. The lowest BCUT2D eigenvalue weighted by atomic mass is 10.1. The molecule has 1 atom stereocenters. The molecular weight excluding hydrogens is 224 g/mol. The van der Waals surface area contributed by atoms with E-state index in [1.54, 1.807) is 0 Å². The molecule has 0 aliphatic rings. The van der Waals surface area contributed by atoms with Gasteiger partial charge < -0.3 is 4.74 Å². The van der Waals surface area contributed by atoms with E-state index < -0.39 is 0 Å². The summed E-state index contributed by atoms with van der Waals surface area (Å²) in [6.07, 6.45) is 7.46. The molecule has 0 aliphatic heterocycles. The van der Waals surface area contributed by atoms with Gasteiger partial charge in [-0.05, 0) is 12.5 Å². The smallest absolute Gasteiger partial charge is 0.174 e. The number of hydrogen-bond acceptors (Lipinski definition) is 3. The fraction of sp³-hybridized carbons (Fsp3) is 0.400. The predicted molar refractivity (Wildman–Crippen MR) is 71.9 cm³/mol. The summed E-state index contributed by atoms with van der Waals surface area (Å²) >= 11 is 0. The minimum atomic E-state index is 0.0601. The average Bonchev–Trinajstić information content (AvgIpc) is 2.42. The van der Waals surface area contributed by atoms with Crippen molar-refractivity contribution in [2.24, 2.45) is 0 Å². The highest BCUT2D eigenvalue weighted by atomic mass is 16.5. The molecule has 3 heteroatoms. The molecule has 1 unspecified atom stereocenters. The maximum Gasteiger partial charge on any atom is 0.174 e. The van der Waals surface area contributed by atoms with E-state index in [1.165, 1.54) is 0 Å². The average molecular weight is 242 g/mol. The van der Waals surface area contributed by atoms with Gasteiger partial charge in [-0.2, -0.15) is 5.26 Å².